The smallest absolute Gasteiger partial charge is 0.0576 e. The topological polar surface area (TPSA) is 29.1 Å². The van der Waals surface area contributed by atoms with Gasteiger partial charge in [0.1, 0.15) is 0 Å². The van der Waals surface area contributed by atoms with Crippen LogP contribution in [0.3, 0.4) is 0 Å². The maximum absolute atomic E-state index is 13.0. The van der Waals surface area contributed by atoms with Gasteiger partial charge in [-0.25, -0.2) is 0 Å². The van der Waals surface area contributed by atoms with Gasteiger partial charge in [-0.05, 0) is 55.3 Å². The lowest BCUT2D eigenvalue weighted by Gasteiger charge is -2.34. The number of rotatable bonds is 5. The van der Waals surface area contributed by atoms with E-state index in [4.69, 9.17) is 0 Å². The third kappa shape index (κ3) is 4.17. The first kappa shape index (κ1) is 16.7. The van der Waals surface area contributed by atoms with Crippen molar-refractivity contribution in [2.75, 3.05) is 6.54 Å². The lowest BCUT2D eigenvalue weighted by Crippen LogP contribution is -2.45. The Labute approximate surface area is 132 Å². The Kier molecular flexibility index (Phi) is 6.00. The van der Waals surface area contributed by atoms with Crippen LogP contribution in [-0.2, 0) is 10.8 Å². The van der Waals surface area contributed by atoms with Gasteiger partial charge in [0.15, 0.2) is 0 Å². The van der Waals surface area contributed by atoms with E-state index < -0.39 is 10.8 Å². The highest BCUT2D eigenvalue weighted by Gasteiger charge is 2.32. The third-order valence-electron chi connectivity index (χ3n) is 4.57. The summed E-state index contributed by atoms with van der Waals surface area (Å²) < 4.78 is 13.0. The van der Waals surface area contributed by atoms with E-state index in [-0.39, 0.29) is 5.25 Å². The molecular weight excluding hydrogens is 278 g/mol. The van der Waals surface area contributed by atoms with Gasteiger partial charge < -0.3 is 5.32 Å². The Bertz CT molecular complexity index is 469. The Morgan fingerprint density at radius 2 is 1.90 bits per heavy atom. The van der Waals surface area contributed by atoms with E-state index in [1.807, 2.05) is 0 Å². The quantitative estimate of drug-likeness (QED) is 0.888. The molecule has 1 fully saturated rings. The number of hydrogen-bond donors (Lipinski definition) is 1. The molecule has 0 saturated heterocycles. The molecule has 4 atom stereocenters. The van der Waals surface area contributed by atoms with Gasteiger partial charge in [-0.1, -0.05) is 39.8 Å². The van der Waals surface area contributed by atoms with Crippen molar-refractivity contribution >= 4 is 10.8 Å². The van der Waals surface area contributed by atoms with Crippen LogP contribution < -0.4 is 5.32 Å². The minimum atomic E-state index is -0.906. The van der Waals surface area contributed by atoms with Gasteiger partial charge in [0.05, 0.1) is 16.0 Å². The number of benzene rings is 1. The molecule has 2 rings (SSSR count). The Morgan fingerprint density at radius 1 is 1.24 bits per heavy atom. The molecule has 0 aromatic heterocycles. The lowest BCUT2D eigenvalue weighted by molar-refractivity contribution is 0.316. The zero-order chi connectivity index (χ0) is 15.4. The Balaban J connectivity index is 2.15. The number of hydrogen-bond acceptors (Lipinski definition) is 2. The fraction of sp³-hybridized carbons (Fsp3) is 0.667. The molecule has 0 aliphatic heterocycles. The van der Waals surface area contributed by atoms with Crippen molar-refractivity contribution in [3.05, 3.63) is 29.8 Å². The van der Waals surface area contributed by atoms with E-state index in [0.717, 1.165) is 24.3 Å². The van der Waals surface area contributed by atoms with Crippen LogP contribution in [0, 0.1) is 5.92 Å². The minimum absolute atomic E-state index is 0.249. The molecule has 118 valence electrons. The van der Waals surface area contributed by atoms with Crippen molar-refractivity contribution in [2.24, 2.45) is 5.92 Å². The van der Waals surface area contributed by atoms with Gasteiger partial charge in [-0.2, -0.15) is 0 Å². The molecule has 3 heteroatoms. The van der Waals surface area contributed by atoms with Gasteiger partial charge in [0.2, 0.25) is 0 Å². The van der Waals surface area contributed by atoms with Crippen LogP contribution in [0.1, 0.15) is 58.4 Å². The molecule has 1 aromatic rings. The highest BCUT2D eigenvalue weighted by atomic mass is 32.2. The molecule has 1 saturated carbocycles. The first-order valence-corrected chi connectivity index (χ1v) is 9.48. The van der Waals surface area contributed by atoms with Crippen LogP contribution in [0.25, 0.3) is 0 Å². The fourth-order valence-electron chi connectivity index (χ4n) is 3.22. The molecule has 21 heavy (non-hydrogen) atoms. The molecular formula is C18H29NOS. The van der Waals surface area contributed by atoms with Gasteiger partial charge >= 0.3 is 0 Å². The number of nitrogens with one attached hydrogen (secondary N) is 1. The lowest BCUT2D eigenvalue weighted by atomic mass is 9.87. The van der Waals surface area contributed by atoms with Crippen molar-refractivity contribution in [1.29, 1.82) is 0 Å². The Hall–Kier alpha value is -0.670. The van der Waals surface area contributed by atoms with Gasteiger partial charge in [0, 0.05) is 10.9 Å². The van der Waals surface area contributed by atoms with Crippen LogP contribution in [-0.4, -0.2) is 22.0 Å². The molecule has 0 heterocycles. The highest BCUT2D eigenvalue weighted by molar-refractivity contribution is 7.85. The molecule has 0 radical (unpaired) electrons. The molecule has 0 amide bonds. The van der Waals surface area contributed by atoms with Gasteiger partial charge in [0.25, 0.3) is 0 Å². The maximum Gasteiger partial charge on any atom is 0.0576 e. The first-order valence-electron chi connectivity index (χ1n) is 8.26. The summed E-state index contributed by atoms with van der Waals surface area (Å²) in [6.45, 7) is 9.76. The molecule has 1 aliphatic carbocycles. The molecule has 2 nitrogen and oxygen atoms in total. The van der Waals surface area contributed by atoms with E-state index in [0.29, 0.717) is 17.9 Å². The third-order valence-corrected chi connectivity index (χ3v) is 6.38. The first-order chi connectivity index (χ1) is 10.0. The van der Waals surface area contributed by atoms with E-state index in [1.54, 1.807) is 0 Å². The summed E-state index contributed by atoms with van der Waals surface area (Å²) in [5.41, 5.74) is 1.32. The predicted octanol–water partition coefficient (Wildman–Crippen LogP) is 4.08. The van der Waals surface area contributed by atoms with E-state index in [2.05, 4.69) is 57.3 Å². The Morgan fingerprint density at radius 3 is 2.48 bits per heavy atom. The monoisotopic (exact) mass is 307 g/mol. The average Bonchev–Trinajstić information content (AvgIpc) is 2.48. The second-order valence-corrected chi connectivity index (χ2v) is 8.31. The van der Waals surface area contributed by atoms with Gasteiger partial charge in [-0.15, -0.1) is 0 Å². The molecule has 1 aromatic carbocycles. The van der Waals surface area contributed by atoms with E-state index in [9.17, 15) is 4.21 Å². The molecule has 1 aliphatic rings. The van der Waals surface area contributed by atoms with Crippen molar-refractivity contribution in [3.8, 4) is 0 Å². The zero-order valence-electron chi connectivity index (χ0n) is 13.8. The summed E-state index contributed by atoms with van der Waals surface area (Å²) >= 11 is 0. The van der Waals surface area contributed by atoms with E-state index >= 15 is 0 Å². The molecule has 0 spiro atoms. The molecule has 4 unspecified atom stereocenters. The van der Waals surface area contributed by atoms with Crippen molar-refractivity contribution < 1.29 is 4.21 Å². The average molecular weight is 308 g/mol. The standard InChI is InChI=1S/C18H29NOS/c1-5-19-17-11-6-14(4)12-18(17)21(20)16-9-7-15(8-10-16)13(2)3/h7-10,13-14,17-19H,5-6,11-12H2,1-4H3. The predicted molar refractivity (Wildman–Crippen MR) is 91.2 cm³/mol. The van der Waals surface area contributed by atoms with Gasteiger partial charge in [-0.3, -0.25) is 4.21 Å². The largest absolute Gasteiger partial charge is 0.313 e. The SMILES string of the molecule is CCNC1CCC(C)CC1S(=O)c1ccc(C(C)C)cc1. The summed E-state index contributed by atoms with van der Waals surface area (Å²) in [6.07, 6.45) is 3.46. The summed E-state index contributed by atoms with van der Waals surface area (Å²) in [6, 6.07) is 8.79. The highest BCUT2D eigenvalue weighted by Crippen LogP contribution is 2.30. The van der Waals surface area contributed by atoms with Crippen LogP contribution >= 0.6 is 0 Å². The van der Waals surface area contributed by atoms with Crippen molar-refractivity contribution in [2.45, 2.75) is 69.1 Å². The van der Waals surface area contributed by atoms with Crippen LogP contribution in [0.2, 0.25) is 0 Å². The van der Waals surface area contributed by atoms with Crippen molar-refractivity contribution in [1.82, 2.24) is 5.32 Å². The fourth-order valence-corrected chi connectivity index (χ4v) is 5.01. The second-order valence-electron chi connectivity index (χ2n) is 6.64. The minimum Gasteiger partial charge on any atom is -0.313 e. The molecule has 0 bridgehead atoms. The maximum atomic E-state index is 13.0. The summed E-state index contributed by atoms with van der Waals surface area (Å²) in [4.78, 5) is 0.987. The van der Waals surface area contributed by atoms with Crippen LogP contribution in [0.4, 0.5) is 0 Å². The normalized spacial score (nSPS) is 27.8. The van der Waals surface area contributed by atoms with E-state index in [1.165, 1.54) is 12.0 Å². The van der Waals surface area contributed by atoms with Crippen molar-refractivity contribution in [3.63, 3.8) is 0 Å². The second kappa shape index (κ2) is 7.55. The summed E-state index contributed by atoms with van der Waals surface area (Å²) in [5, 5.41) is 3.79. The van der Waals surface area contributed by atoms with Crippen LogP contribution in [0.15, 0.2) is 29.2 Å². The summed E-state index contributed by atoms with van der Waals surface area (Å²) in [5.74, 6) is 1.21. The molecule has 1 N–H and O–H groups in total. The van der Waals surface area contributed by atoms with Crippen LogP contribution in [0.5, 0.6) is 0 Å². The zero-order valence-corrected chi connectivity index (χ0v) is 14.6. The summed E-state index contributed by atoms with van der Waals surface area (Å²) in [7, 11) is -0.906.